The van der Waals surface area contributed by atoms with Crippen molar-refractivity contribution in [3.8, 4) is 0 Å². The Bertz CT molecular complexity index is 1250. The lowest BCUT2D eigenvalue weighted by atomic mass is 9.79. The molecule has 0 saturated carbocycles. The van der Waals surface area contributed by atoms with E-state index in [1.165, 1.54) is 0 Å². The summed E-state index contributed by atoms with van der Waals surface area (Å²) in [6, 6.07) is 23.1. The molecule has 5 nitrogen and oxygen atoms in total. The van der Waals surface area contributed by atoms with Gasteiger partial charge in [-0.25, -0.2) is 5.10 Å². The molecule has 0 fully saturated rings. The molecule has 0 bridgehead atoms. The van der Waals surface area contributed by atoms with Gasteiger partial charge in [0.05, 0.1) is 23.0 Å². The molecule has 136 valence electrons. The monoisotopic (exact) mass is 367 g/mol. The fraction of sp³-hybridized carbons (Fsp3) is 0.0870. The molecule has 1 aliphatic rings. The third-order valence-electron chi connectivity index (χ3n) is 5.40. The Morgan fingerprint density at radius 1 is 0.893 bits per heavy atom. The van der Waals surface area contributed by atoms with Gasteiger partial charge >= 0.3 is 0 Å². The Balaban J connectivity index is 1.83. The van der Waals surface area contributed by atoms with E-state index in [1.807, 2.05) is 60.7 Å². The SMILES string of the molecule is O=Cc1ccccc1C1Nc2cccc3c(=O)[nH]nc(c23)C1c1ccccc1. The minimum Gasteiger partial charge on any atom is -0.377 e. The Kier molecular flexibility index (Phi) is 3.79. The fourth-order valence-electron chi connectivity index (χ4n) is 4.17. The summed E-state index contributed by atoms with van der Waals surface area (Å²) in [6.45, 7) is 0. The van der Waals surface area contributed by atoms with Crippen molar-refractivity contribution in [2.24, 2.45) is 0 Å². The molecule has 0 aliphatic carbocycles. The lowest BCUT2D eigenvalue weighted by molar-refractivity contribution is 0.112. The van der Waals surface area contributed by atoms with E-state index in [4.69, 9.17) is 0 Å². The van der Waals surface area contributed by atoms with Crippen molar-refractivity contribution in [3.63, 3.8) is 0 Å². The molecule has 1 aliphatic heterocycles. The van der Waals surface area contributed by atoms with Gasteiger partial charge in [0.25, 0.3) is 5.56 Å². The van der Waals surface area contributed by atoms with Gasteiger partial charge in [0.2, 0.25) is 0 Å². The van der Waals surface area contributed by atoms with Gasteiger partial charge in [0.1, 0.15) is 6.29 Å². The Labute approximate surface area is 161 Å². The molecule has 2 heterocycles. The maximum atomic E-state index is 12.3. The number of hydrogen-bond acceptors (Lipinski definition) is 4. The number of aromatic nitrogens is 2. The van der Waals surface area contributed by atoms with E-state index in [9.17, 15) is 9.59 Å². The number of anilines is 1. The first kappa shape index (κ1) is 16.4. The predicted octanol–water partition coefficient (Wildman–Crippen LogP) is 4.03. The molecular weight excluding hydrogens is 350 g/mol. The van der Waals surface area contributed by atoms with Crippen LogP contribution >= 0.6 is 0 Å². The second-order valence-electron chi connectivity index (χ2n) is 6.92. The fourth-order valence-corrected chi connectivity index (χ4v) is 4.17. The van der Waals surface area contributed by atoms with Crippen LogP contribution in [0.25, 0.3) is 10.8 Å². The number of H-pyrrole nitrogens is 1. The topological polar surface area (TPSA) is 74.8 Å². The van der Waals surface area contributed by atoms with Gasteiger partial charge in [0, 0.05) is 16.6 Å². The zero-order chi connectivity index (χ0) is 19.1. The van der Waals surface area contributed by atoms with E-state index in [0.717, 1.165) is 34.2 Å². The maximum Gasteiger partial charge on any atom is 0.272 e. The van der Waals surface area contributed by atoms with Gasteiger partial charge in [-0.15, -0.1) is 0 Å². The third-order valence-corrected chi connectivity index (χ3v) is 5.40. The molecular formula is C23H17N3O2. The van der Waals surface area contributed by atoms with E-state index in [2.05, 4.69) is 27.6 Å². The highest BCUT2D eigenvalue weighted by molar-refractivity contribution is 5.97. The van der Waals surface area contributed by atoms with Crippen LogP contribution in [0.5, 0.6) is 0 Å². The number of nitrogens with one attached hydrogen (secondary N) is 2. The highest BCUT2D eigenvalue weighted by Crippen LogP contribution is 2.46. The second kappa shape index (κ2) is 6.46. The van der Waals surface area contributed by atoms with E-state index >= 15 is 0 Å². The minimum absolute atomic E-state index is 0.156. The van der Waals surface area contributed by atoms with Crippen LogP contribution in [0.2, 0.25) is 0 Å². The van der Waals surface area contributed by atoms with Crippen molar-refractivity contribution in [3.05, 3.63) is 106 Å². The molecule has 1 aromatic heterocycles. The summed E-state index contributed by atoms with van der Waals surface area (Å²) in [5.74, 6) is -0.156. The summed E-state index contributed by atoms with van der Waals surface area (Å²) in [4.78, 5) is 24.0. The number of carbonyl (C=O) groups excluding carboxylic acids is 1. The number of nitrogens with zero attached hydrogens (tertiary/aromatic N) is 1. The van der Waals surface area contributed by atoms with Crippen LogP contribution in [0.15, 0.2) is 77.6 Å². The van der Waals surface area contributed by atoms with Gasteiger partial charge < -0.3 is 5.32 Å². The summed E-state index contributed by atoms with van der Waals surface area (Å²) >= 11 is 0. The predicted molar refractivity (Wildman–Crippen MR) is 109 cm³/mol. The number of rotatable bonds is 3. The van der Waals surface area contributed by atoms with E-state index in [0.29, 0.717) is 10.9 Å². The first-order valence-corrected chi connectivity index (χ1v) is 9.15. The molecule has 0 spiro atoms. The number of benzene rings is 3. The van der Waals surface area contributed by atoms with Gasteiger partial charge in [-0.05, 0) is 23.3 Å². The number of hydrogen-bond donors (Lipinski definition) is 2. The highest BCUT2D eigenvalue weighted by Gasteiger charge is 2.35. The van der Waals surface area contributed by atoms with Gasteiger partial charge in [-0.1, -0.05) is 60.7 Å². The normalized spacial score (nSPS) is 17.9. The van der Waals surface area contributed by atoms with Crippen molar-refractivity contribution in [1.82, 2.24) is 10.2 Å². The van der Waals surface area contributed by atoms with Crippen molar-refractivity contribution < 1.29 is 4.79 Å². The zero-order valence-corrected chi connectivity index (χ0v) is 14.9. The highest BCUT2D eigenvalue weighted by atomic mass is 16.1. The average molecular weight is 367 g/mol. The Morgan fingerprint density at radius 2 is 1.68 bits per heavy atom. The van der Waals surface area contributed by atoms with Crippen LogP contribution in [0.3, 0.4) is 0 Å². The average Bonchev–Trinajstić information content (AvgIpc) is 2.76. The molecule has 0 amide bonds. The molecule has 2 atom stereocenters. The van der Waals surface area contributed by atoms with Crippen LogP contribution in [-0.2, 0) is 0 Å². The molecule has 5 rings (SSSR count). The zero-order valence-electron chi connectivity index (χ0n) is 14.9. The summed E-state index contributed by atoms with van der Waals surface area (Å²) in [7, 11) is 0. The molecule has 28 heavy (non-hydrogen) atoms. The van der Waals surface area contributed by atoms with E-state index in [-0.39, 0.29) is 17.5 Å². The summed E-state index contributed by atoms with van der Waals surface area (Å²) in [5, 5.41) is 12.1. The van der Waals surface area contributed by atoms with Gasteiger partial charge in [-0.3, -0.25) is 9.59 Å². The molecule has 2 N–H and O–H groups in total. The Hall–Kier alpha value is -3.73. The smallest absolute Gasteiger partial charge is 0.272 e. The molecule has 2 unspecified atom stereocenters. The molecule has 3 aromatic carbocycles. The van der Waals surface area contributed by atoms with Crippen LogP contribution in [0.4, 0.5) is 5.69 Å². The number of carbonyl (C=O) groups is 1. The first-order chi connectivity index (χ1) is 13.8. The van der Waals surface area contributed by atoms with Crippen molar-refractivity contribution >= 4 is 22.7 Å². The van der Waals surface area contributed by atoms with Crippen LogP contribution in [-0.4, -0.2) is 16.5 Å². The van der Waals surface area contributed by atoms with E-state index < -0.39 is 0 Å². The number of aromatic amines is 1. The summed E-state index contributed by atoms with van der Waals surface area (Å²) in [5.41, 5.74) is 4.06. The number of aldehydes is 1. The lowest BCUT2D eigenvalue weighted by Gasteiger charge is -2.35. The largest absolute Gasteiger partial charge is 0.377 e. The molecule has 0 saturated heterocycles. The van der Waals surface area contributed by atoms with E-state index in [1.54, 1.807) is 0 Å². The van der Waals surface area contributed by atoms with Crippen molar-refractivity contribution in [1.29, 1.82) is 0 Å². The van der Waals surface area contributed by atoms with Crippen LogP contribution < -0.4 is 10.9 Å². The molecule has 4 aromatic rings. The standard InChI is InChI=1S/C23H17N3O2/c27-13-15-9-4-5-10-16(15)21-19(14-7-2-1-3-8-14)22-20-17(23(28)26-25-22)11-6-12-18(20)24-21/h1-13,19,21,24H,(H,26,28). The van der Waals surface area contributed by atoms with Crippen molar-refractivity contribution in [2.45, 2.75) is 12.0 Å². The lowest BCUT2D eigenvalue weighted by Crippen LogP contribution is -2.28. The summed E-state index contributed by atoms with van der Waals surface area (Å²) < 4.78 is 0. The third kappa shape index (κ3) is 2.44. The second-order valence-corrected chi connectivity index (χ2v) is 6.92. The van der Waals surface area contributed by atoms with Gasteiger partial charge in [-0.2, -0.15) is 5.10 Å². The van der Waals surface area contributed by atoms with Gasteiger partial charge in [0.15, 0.2) is 0 Å². The van der Waals surface area contributed by atoms with Crippen molar-refractivity contribution in [2.75, 3.05) is 5.32 Å². The van der Waals surface area contributed by atoms with Crippen LogP contribution in [0, 0.1) is 0 Å². The molecule has 5 heteroatoms. The quantitative estimate of drug-likeness (QED) is 0.536. The molecule has 0 radical (unpaired) electrons. The summed E-state index contributed by atoms with van der Waals surface area (Å²) in [6.07, 6.45) is 0.884. The maximum absolute atomic E-state index is 12.3. The Morgan fingerprint density at radius 3 is 2.50 bits per heavy atom. The van der Waals surface area contributed by atoms with Crippen LogP contribution in [0.1, 0.15) is 39.1 Å². The first-order valence-electron chi connectivity index (χ1n) is 9.15. The minimum atomic E-state index is -0.207.